The van der Waals surface area contributed by atoms with E-state index >= 15 is 0 Å². The Hall–Kier alpha value is -2.89. The number of nitrogens with one attached hydrogen (secondary N) is 1. The lowest BCUT2D eigenvalue weighted by molar-refractivity contribution is -0.132. The van der Waals surface area contributed by atoms with Crippen LogP contribution < -0.4 is 10.1 Å². The molecule has 0 saturated carbocycles. The van der Waals surface area contributed by atoms with E-state index in [1.165, 1.54) is 19.2 Å². The highest BCUT2D eigenvalue weighted by Gasteiger charge is 2.39. The minimum atomic E-state index is -0.691. The Labute approximate surface area is 164 Å². The summed E-state index contributed by atoms with van der Waals surface area (Å²) in [6, 6.07) is 13.3. The number of benzene rings is 2. The smallest absolute Gasteiger partial charge is 0.257 e. The van der Waals surface area contributed by atoms with E-state index in [0.29, 0.717) is 36.4 Å². The Morgan fingerprint density at radius 1 is 1.21 bits per heavy atom. The lowest BCUT2D eigenvalue weighted by Crippen LogP contribution is -2.51. The Morgan fingerprint density at radius 3 is 2.75 bits per heavy atom. The van der Waals surface area contributed by atoms with Crippen LogP contribution >= 0.6 is 0 Å². The summed E-state index contributed by atoms with van der Waals surface area (Å²) in [5.74, 6) is -0.0740. The zero-order chi connectivity index (χ0) is 20.1. The standard InChI is InChI=1S/C22H25FN2O3/c1-22(21(27)24-14-16-7-5-8-17(23)13-16)11-6-12-25(15-22)20(26)18-9-3-4-10-19(18)28-2/h3-5,7-10,13H,6,11-12,14-15H2,1-2H3,(H,24,27)/t22-/m0/s1. The van der Waals surface area contributed by atoms with Gasteiger partial charge in [-0.1, -0.05) is 24.3 Å². The van der Waals surface area contributed by atoms with E-state index in [1.807, 2.05) is 13.0 Å². The largest absolute Gasteiger partial charge is 0.496 e. The molecule has 148 valence electrons. The summed E-state index contributed by atoms with van der Waals surface area (Å²) in [5, 5.41) is 2.89. The van der Waals surface area contributed by atoms with Gasteiger partial charge in [0.05, 0.1) is 18.1 Å². The second kappa shape index (κ2) is 8.42. The summed E-state index contributed by atoms with van der Waals surface area (Å²) in [6.07, 6.45) is 1.43. The third kappa shape index (κ3) is 4.32. The van der Waals surface area contributed by atoms with Crippen molar-refractivity contribution in [2.75, 3.05) is 20.2 Å². The molecule has 5 nitrogen and oxygen atoms in total. The van der Waals surface area contributed by atoms with Gasteiger partial charge in [0.25, 0.3) is 5.91 Å². The minimum absolute atomic E-state index is 0.130. The minimum Gasteiger partial charge on any atom is -0.496 e. The van der Waals surface area contributed by atoms with Gasteiger partial charge >= 0.3 is 0 Å². The van der Waals surface area contributed by atoms with Gasteiger partial charge in [0.2, 0.25) is 5.91 Å². The number of nitrogens with zero attached hydrogens (tertiary/aromatic N) is 1. The molecule has 28 heavy (non-hydrogen) atoms. The zero-order valence-electron chi connectivity index (χ0n) is 16.2. The highest BCUT2D eigenvalue weighted by molar-refractivity contribution is 5.97. The molecular formula is C22H25FN2O3. The first-order valence-corrected chi connectivity index (χ1v) is 9.38. The molecule has 2 aromatic rings. The van der Waals surface area contributed by atoms with Gasteiger partial charge < -0.3 is 15.0 Å². The van der Waals surface area contributed by atoms with Crippen LogP contribution in [0.2, 0.25) is 0 Å². The number of ether oxygens (including phenoxy) is 1. The van der Waals surface area contributed by atoms with Crippen LogP contribution in [0.15, 0.2) is 48.5 Å². The fraction of sp³-hybridized carbons (Fsp3) is 0.364. The number of hydrogen-bond donors (Lipinski definition) is 1. The maximum absolute atomic E-state index is 13.3. The molecule has 2 amide bonds. The van der Waals surface area contributed by atoms with E-state index in [1.54, 1.807) is 35.2 Å². The zero-order valence-corrected chi connectivity index (χ0v) is 16.2. The number of rotatable bonds is 5. The van der Waals surface area contributed by atoms with Gasteiger partial charge in [-0.25, -0.2) is 4.39 Å². The van der Waals surface area contributed by atoms with Crippen molar-refractivity contribution in [3.63, 3.8) is 0 Å². The Morgan fingerprint density at radius 2 is 2.00 bits per heavy atom. The Kier molecular flexibility index (Phi) is 5.97. The maximum atomic E-state index is 13.3. The van der Waals surface area contributed by atoms with Crippen LogP contribution in [0.1, 0.15) is 35.7 Å². The molecule has 6 heteroatoms. The predicted octanol–water partition coefficient (Wildman–Crippen LogP) is 3.39. The van der Waals surface area contributed by atoms with Crippen molar-refractivity contribution in [1.82, 2.24) is 10.2 Å². The van der Waals surface area contributed by atoms with Crippen LogP contribution in [0.4, 0.5) is 4.39 Å². The van der Waals surface area contributed by atoms with Crippen molar-refractivity contribution in [3.05, 3.63) is 65.5 Å². The van der Waals surface area contributed by atoms with Gasteiger partial charge in [-0.3, -0.25) is 9.59 Å². The highest BCUT2D eigenvalue weighted by Crippen LogP contribution is 2.31. The molecule has 1 fully saturated rings. The first kappa shape index (κ1) is 19.9. The highest BCUT2D eigenvalue weighted by atomic mass is 19.1. The number of methoxy groups -OCH3 is 1. The number of carbonyl (C=O) groups is 2. The van der Waals surface area contributed by atoms with Crippen molar-refractivity contribution in [2.45, 2.75) is 26.3 Å². The Bertz CT molecular complexity index is 870. The van der Waals surface area contributed by atoms with Crippen molar-refractivity contribution < 1.29 is 18.7 Å². The van der Waals surface area contributed by atoms with Gasteiger partial charge in [-0.15, -0.1) is 0 Å². The molecule has 1 saturated heterocycles. The Balaban J connectivity index is 1.68. The van der Waals surface area contributed by atoms with Crippen molar-refractivity contribution in [3.8, 4) is 5.75 Å². The number of halogens is 1. The number of amides is 2. The predicted molar refractivity (Wildman–Crippen MR) is 104 cm³/mol. The van der Waals surface area contributed by atoms with Crippen LogP contribution in [-0.2, 0) is 11.3 Å². The molecule has 1 aliphatic heterocycles. The van der Waals surface area contributed by atoms with Gasteiger partial charge in [-0.2, -0.15) is 0 Å². The SMILES string of the molecule is COc1ccccc1C(=O)N1CCC[C@](C)(C(=O)NCc2cccc(F)c2)C1. The summed E-state index contributed by atoms with van der Waals surface area (Å²) in [4.78, 5) is 27.5. The summed E-state index contributed by atoms with van der Waals surface area (Å²) in [5.41, 5.74) is 0.507. The first-order valence-electron chi connectivity index (χ1n) is 9.38. The first-order chi connectivity index (χ1) is 13.4. The normalized spacial score (nSPS) is 19.2. The quantitative estimate of drug-likeness (QED) is 0.860. The third-order valence-corrected chi connectivity index (χ3v) is 5.21. The molecule has 0 aliphatic carbocycles. The van der Waals surface area contributed by atoms with E-state index in [4.69, 9.17) is 4.74 Å². The van der Waals surface area contributed by atoms with Gasteiger partial charge in [0, 0.05) is 19.6 Å². The van der Waals surface area contributed by atoms with Crippen molar-refractivity contribution in [2.24, 2.45) is 5.41 Å². The van der Waals surface area contributed by atoms with Crippen LogP contribution in [0.3, 0.4) is 0 Å². The molecule has 2 aromatic carbocycles. The van der Waals surface area contributed by atoms with Crippen molar-refractivity contribution in [1.29, 1.82) is 0 Å². The summed E-state index contributed by atoms with van der Waals surface area (Å²) in [6.45, 7) is 3.06. The van der Waals surface area contributed by atoms with Crippen LogP contribution in [0.5, 0.6) is 5.75 Å². The molecular weight excluding hydrogens is 359 g/mol. The number of hydrogen-bond acceptors (Lipinski definition) is 3. The molecule has 0 radical (unpaired) electrons. The molecule has 3 rings (SSSR count). The second-order valence-electron chi connectivity index (χ2n) is 7.40. The topological polar surface area (TPSA) is 58.6 Å². The summed E-state index contributed by atoms with van der Waals surface area (Å²) < 4.78 is 18.6. The molecule has 1 aliphatic rings. The third-order valence-electron chi connectivity index (χ3n) is 5.21. The van der Waals surface area contributed by atoms with Crippen LogP contribution in [-0.4, -0.2) is 36.9 Å². The monoisotopic (exact) mass is 384 g/mol. The fourth-order valence-electron chi connectivity index (χ4n) is 3.63. The average molecular weight is 384 g/mol. The van der Waals surface area contributed by atoms with Crippen LogP contribution in [0, 0.1) is 11.2 Å². The van der Waals surface area contributed by atoms with Gasteiger partial charge in [0.15, 0.2) is 0 Å². The summed E-state index contributed by atoms with van der Waals surface area (Å²) >= 11 is 0. The lowest BCUT2D eigenvalue weighted by Gasteiger charge is -2.39. The molecule has 0 bridgehead atoms. The van der Waals surface area contributed by atoms with E-state index in [0.717, 1.165) is 6.42 Å². The van der Waals surface area contributed by atoms with E-state index < -0.39 is 5.41 Å². The molecule has 0 spiro atoms. The van der Waals surface area contributed by atoms with Crippen LogP contribution in [0.25, 0.3) is 0 Å². The van der Waals surface area contributed by atoms with E-state index in [2.05, 4.69) is 5.32 Å². The number of piperidine rings is 1. The molecule has 0 unspecified atom stereocenters. The number of carbonyl (C=O) groups excluding carboxylic acids is 2. The molecule has 1 heterocycles. The van der Waals surface area contributed by atoms with E-state index in [9.17, 15) is 14.0 Å². The van der Waals surface area contributed by atoms with Crippen molar-refractivity contribution >= 4 is 11.8 Å². The van der Waals surface area contributed by atoms with E-state index in [-0.39, 0.29) is 24.2 Å². The fourth-order valence-corrected chi connectivity index (χ4v) is 3.63. The number of likely N-dealkylation sites (tertiary alicyclic amines) is 1. The van der Waals surface area contributed by atoms with Gasteiger partial charge in [-0.05, 0) is 49.6 Å². The summed E-state index contributed by atoms with van der Waals surface area (Å²) in [7, 11) is 1.53. The van der Waals surface area contributed by atoms with Gasteiger partial charge in [0.1, 0.15) is 11.6 Å². The number of para-hydroxylation sites is 1. The molecule has 1 N–H and O–H groups in total. The molecule has 1 atom stereocenters. The average Bonchev–Trinajstić information content (AvgIpc) is 2.71. The molecule has 0 aromatic heterocycles. The lowest BCUT2D eigenvalue weighted by atomic mass is 9.80. The second-order valence-corrected chi connectivity index (χ2v) is 7.40. The maximum Gasteiger partial charge on any atom is 0.257 e.